The van der Waals surface area contributed by atoms with Gasteiger partial charge in [0.1, 0.15) is 0 Å². The van der Waals surface area contributed by atoms with Gasteiger partial charge in [-0.05, 0) is 28.3 Å². The molecule has 3 nitrogen and oxygen atoms in total. The van der Waals surface area contributed by atoms with Crippen molar-refractivity contribution in [2.75, 3.05) is 0 Å². The first-order chi connectivity index (χ1) is 9.18. The molecule has 0 saturated carbocycles. The zero-order valence-corrected chi connectivity index (χ0v) is 11.0. The fraction of sp³-hybridized carbons (Fsp3) is 0.0667. The Hall–Kier alpha value is -1.93. The number of hydrogen-bond acceptors (Lipinski definition) is 1. The van der Waals surface area contributed by atoms with Crippen LogP contribution < -0.4 is 0 Å². The van der Waals surface area contributed by atoms with Crippen LogP contribution in [0.5, 0.6) is 0 Å². The van der Waals surface area contributed by atoms with Gasteiger partial charge in [0.05, 0.1) is 0 Å². The summed E-state index contributed by atoms with van der Waals surface area (Å²) in [4.78, 5) is 0. The van der Waals surface area contributed by atoms with Gasteiger partial charge in [0.15, 0.2) is 0 Å². The van der Waals surface area contributed by atoms with Crippen LogP contribution in [0.25, 0.3) is 16.8 Å². The van der Waals surface area contributed by atoms with Gasteiger partial charge in [0, 0.05) is 0 Å². The van der Waals surface area contributed by atoms with Gasteiger partial charge in [-0.25, -0.2) is 0 Å². The minimum atomic E-state index is -2.61. The number of terminal acetylenes is 1. The van der Waals surface area contributed by atoms with Crippen molar-refractivity contribution in [3.05, 3.63) is 53.6 Å². The first-order valence-corrected chi connectivity index (χ1v) is 6.55. The molecular weight excluding hydrogens is 260 g/mol. The highest BCUT2D eigenvalue weighted by Crippen LogP contribution is 2.27. The monoisotopic (exact) mass is 274 g/mol. The largest absolute Gasteiger partial charge is 0.299 e. The molecule has 2 aromatic rings. The third-order valence-corrected chi connectivity index (χ3v) is 2.66. The third kappa shape index (κ3) is 4.04. The Morgan fingerprint density at radius 2 is 1.63 bits per heavy atom. The lowest BCUT2D eigenvalue weighted by Crippen LogP contribution is -1.91. The van der Waals surface area contributed by atoms with E-state index in [1.54, 1.807) is 0 Å². The maximum Gasteiger partial charge on any atom is 0.299 e. The molecule has 0 radical (unpaired) electrons. The van der Waals surface area contributed by atoms with Crippen LogP contribution in [0.15, 0.2) is 42.5 Å². The molecule has 0 heterocycles. The lowest BCUT2D eigenvalue weighted by molar-refractivity contribution is 0.454. The molecule has 0 unspecified atom stereocenters. The van der Waals surface area contributed by atoms with E-state index in [1.165, 1.54) is 21.9 Å². The Kier molecular flexibility index (Phi) is 5.97. The molecule has 0 saturated heterocycles. The van der Waals surface area contributed by atoms with Crippen molar-refractivity contribution in [2.45, 2.75) is 6.42 Å². The average molecular weight is 274 g/mol. The van der Waals surface area contributed by atoms with Gasteiger partial charge in [-0.3, -0.25) is 9.11 Å². The van der Waals surface area contributed by atoms with Crippen LogP contribution in [0.2, 0.25) is 0 Å². The molecule has 1 aliphatic carbocycles. The van der Waals surface area contributed by atoms with Crippen LogP contribution >= 0.6 is 0 Å². The summed E-state index contributed by atoms with van der Waals surface area (Å²) >= 11 is -2.61. The molecule has 0 bridgehead atoms. The van der Waals surface area contributed by atoms with Crippen LogP contribution in [0.3, 0.4) is 0 Å². The summed E-state index contributed by atoms with van der Waals surface area (Å²) in [5.74, 6) is 0. The fourth-order valence-corrected chi connectivity index (χ4v) is 2.07. The van der Waals surface area contributed by atoms with Crippen molar-refractivity contribution in [1.29, 1.82) is 0 Å². The van der Waals surface area contributed by atoms with Crippen molar-refractivity contribution in [3.8, 4) is 12.8 Å². The minimum absolute atomic E-state index is 1.08. The van der Waals surface area contributed by atoms with E-state index in [0.717, 1.165) is 6.42 Å². The average Bonchev–Trinajstić information content (AvgIpc) is 2.42. The van der Waals surface area contributed by atoms with Gasteiger partial charge in [-0.1, -0.05) is 48.6 Å². The Morgan fingerprint density at radius 1 is 1.05 bits per heavy atom. The molecule has 2 N–H and O–H groups in total. The molecular formula is C15H14O3S. The molecule has 0 aromatic heterocycles. The lowest BCUT2D eigenvalue weighted by Gasteiger charge is -2.11. The minimum Gasteiger partial charge on any atom is -0.284 e. The zero-order valence-electron chi connectivity index (χ0n) is 10.2. The molecule has 98 valence electrons. The summed E-state index contributed by atoms with van der Waals surface area (Å²) in [6.45, 7) is 0. The van der Waals surface area contributed by atoms with Gasteiger partial charge >= 0.3 is 0 Å². The van der Waals surface area contributed by atoms with E-state index in [0.29, 0.717) is 0 Å². The first kappa shape index (κ1) is 15.1. The molecule has 0 atom stereocenters. The maximum atomic E-state index is 8.67. The molecule has 0 amide bonds. The van der Waals surface area contributed by atoms with Crippen LogP contribution in [-0.2, 0) is 17.8 Å². The van der Waals surface area contributed by atoms with Gasteiger partial charge in [-0.2, -0.15) is 4.21 Å². The van der Waals surface area contributed by atoms with Crippen molar-refractivity contribution < 1.29 is 13.3 Å². The van der Waals surface area contributed by atoms with Crippen LogP contribution in [0.4, 0.5) is 0 Å². The maximum absolute atomic E-state index is 8.67. The quantitative estimate of drug-likeness (QED) is 0.572. The van der Waals surface area contributed by atoms with Gasteiger partial charge < -0.3 is 0 Å². The highest BCUT2D eigenvalue weighted by atomic mass is 32.2. The van der Waals surface area contributed by atoms with E-state index in [9.17, 15) is 0 Å². The van der Waals surface area contributed by atoms with E-state index in [-0.39, 0.29) is 0 Å². The molecule has 0 fully saturated rings. The zero-order chi connectivity index (χ0) is 14.3. The normalized spacial score (nSPS) is 11.2. The highest BCUT2D eigenvalue weighted by molar-refractivity contribution is 7.73. The summed E-state index contributed by atoms with van der Waals surface area (Å²) < 4.78 is 22.8. The molecule has 1 aliphatic rings. The topological polar surface area (TPSA) is 57.5 Å². The summed E-state index contributed by atoms with van der Waals surface area (Å²) in [5.41, 5.74) is 2.81. The predicted octanol–water partition coefficient (Wildman–Crippen LogP) is 3.34. The summed E-state index contributed by atoms with van der Waals surface area (Å²) in [5, 5.41) is 2.80. The van der Waals surface area contributed by atoms with E-state index < -0.39 is 11.4 Å². The van der Waals surface area contributed by atoms with Gasteiger partial charge in [0.25, 0.3) is 11.4 Å². The fourth-order valence-electron chi connectivity index (χ4n) is 2.07. The molecule has 19 heavy (non-hydrogen) atoms. The Bertz CT molecular complexity index is 620. The SMILES string of the molecule is C#C.C1=Cc2cccc3cccc(c23)C1.O=S(O)O. The van der Waals surface area contributed by atoms with Crippen molar-refractivity contribution in [2.24, 2.45) is 0 Å². The van der Waals surface area contributed by atoms with E-state index >= 15 is 0 Å². The van der Waals surface area contributed by atoms with Crippen LogP contribution in [0, 0.1) is 12.8 Å². The molecule has 0 aliphatic heterocycles. The number of benzene rings is 2. The molecule has 0 spiro atoms. The molecule has 3 rings (SSSR count). The second-order valence-electron chi connectivity index (χ2n) is 3.70. The smallest absolute Gasteiger partial charge is 0.284 e. The summed E-state index contributed by atoms with van der Waals surface area (Å²) in [7, 11) is 0. The first-order valence-electron chi connectivity index (χ1n) is 5.49. The van der Waals surface area contributed by atoms with Crippen molar-refractivity contribution in [1.82, 2.24) is 0 Å². The number of hydrogen-bond donors (Lipinski definition) is 2. The van der Waals surface area contributed by atoms with E-state index in [1.807, 2.05) is 0 Å². The second-order valence-corrected chi connectivity index (χ2v) is 4.16. The van der Waals surface area contributed by atoms with E-state index in [4.69, 9.17) is 13.3 Å². The Morgan fingerprint density at radius 3 is 2.26 bits per heavy atom. The summed E-state index contributed by atoms with van der Waals surface area (Å²) in [6.07, 6.45) is 13.5. The second kappa shape index (κ2) is 7.49. The number of allylic oxidation sites excluding steroid dienone is 1. The predicted molar refractivity (Wildman–Crippen MR) is 80.0 cm³/mol. The highest BCUT2D eigenvalue weighted by Gasteiger charge is 2.06. The number of rotatable bonds is 0. The van der Waals surface area contributed by atoms with E-state index in [2.05, 4.69) is 61.4 Å². The lowest BCUT2D eigenvalue weighted by atomic mass is 9.93. The van der Waals surface area contributed by atoms with Gasteiger partial charge in [-0.15, -0.1) is 12.8 Å². The standard InChI is InChI=1S/C13H10.C2H2.H2O3S/c1-4-10-6-2-8-12-9-3-7-11(5-1)13(10)12;1-2;1-4(2)3/h1-8H,9H2;1-2H;(H2,1,2,3). The summed E-state index contributed by atoms with van der Waals surface area (Å²) in [6, 6.07) is 13.0. The van der Waals surface area contributed by atoms with Crippen LogP contribution in [0.1, 0.15) is 11.1 Å². The van der Waals surface area contributed by atoms with Crippen LogP contribution in [-0.4, -0.2) is 13.3 Å². The molecule has 2 aromatic carbocycles. The third-order valence-electron chi connectivity index (χ3n) is 2.66. The van der Waals surface area contributed by atoms with Crippen molar-refractivity contribution in [3.63, 3.8) is 0 Å². The Balaban J connectivity index is 0.000000262. The Labute approximate surface area is 115 Å². The molecule has 4 heteroatoms. The van der Waals surface area contributed by atoms with Gasteiger partial charge in [0.2, 0.25) is 0 Å². The van der Waals surface area contributed by atoms with Crippen molar-refractivity contribution >= 4 is 28.2 Å².